The number of halogens is 2. The molecule has 0 spiro atoms. The quantitative estimate of drug-likeness (QED) is 0.251. The second kappa shape index (κ2) is 10.3. The van der Waals surface area contributed by atoms with Gasteiger partial charge in [0.15, 0.2) is 0 Å². The fraction of sp³-hybridized carbons (Fsp3) is 0.214. The Morgan fingerprint density at radius 2 is 1.66 bits per heavy atom. The summed E-state index contributed by atoms with van der Waals surface area (Å²) in [6, 6.07) is 19.1. The third kappa shape index (κ3) is 4.93. The summed E-state index contributed by atoms with van der Waals surface area (Å²) in [5.74, 6) is -2.18. The first kappa shape index (κ1) is 24.5. The van der Waals surface area contributed by atoms with Crippen molar-refractivity contribution in [2.45, 2.75) is 26.4 Å². The van der Waals surface area contributed by atoms with Crippen LogP contribution in [0.15, 0.2) is 78.4 Å². The average molecular weight is 493 g/mol. The molecular formula is C28H26ClFN2O3. The van der Waals surface area contributed by atoms with Crippen LogP contribution in [0, 0.1) is 5.82 Å². The predicted octanol–water partition coefficient (Wildman–Crippen LogP) is 5.95. The van der Waals surface area contributed by atoms with E-state index < -0.39 is 17.7 Å². The van der Waals surface area contributed by atoms with E-state index >= 15 is 0 Å². The second-order valence-electron chi connectivity index (χ2n) is 8.33. The Kier molecular flexibility index (Phi) is 7.22. The lowest BCUT2D eigenvalue weighted by molar-refractivity contribution is -0.140. The summed E-state index contributed by atoms with van der Waals surface area (Å²) < 4.78 is 13.4. The molecule has 5 nitrogen and oxygen atoms in total. The minimum absolute atomic E-state index is 0.00466. The lowest BCUT2D eigenvalue weighted by Gasteiger charge is -2.27. The lowest BCUT2D eigenvalue weighted by atomic mass is 9.95. The van der Waals surface area contributed by atoms with E-state index in [9.17, 15) is 19.1 Å². The van der Waals surface area contributed by atoms with Crippen molar-refractivity contribution in [1.29, 1.82) is 0 Å². The van der Waals surface area contributed by atoms with Crippen LogP contribution in [0.1, 0.15) is 36.6 Å². The number of hydrogen-bond acceptors (Lipinski definition) is 4. The molecule has 3 aromatic rings. The Morgan fingerprint density at radius 1 is 1.00 bits per heavy atom. The summed E-state index contributed by atoms with van der Waals surface area (Å²) in [4.78, 5) is 30.0. The van der Waals surface area contributed by atoms with Crippen molar-refractivity contribution < 1.29 is 19.1 Å². The van der Waals surface area contributed by atoms with E-state index in [0.717, 1.165) is 18.8 Å². The third-order valence-electron chi connectivity index (χ3n) is 6.24. The van der Waals surface area contributed by atoms with Crippen LogP contribution >= 0.6 is 11.6 Å². The number of carbonyl (C=O) groups is 2. The summed E-state index contributed by atoms with van der Waals surface area (Å²) >= 11 is 6.11. The number of anilines is 1. The molecule has 1 N–H and O–H groups in total. The Balaban J connectivity index is 1.83. The van der Waals surface area contributed by atoms with Gasteiger partial charge in [-0.3, -0.25) is 9.59 Å². The van der Waals surface area contributed by atoms with Gasteiger partial charge in [0.2, 0.25) is 0 Å². The number of amides is 1. The van der Waals surface area contributed by atoms with Crippen LogP contribution in [-0.2, 0) is 16.1 Å². The highest BCUT2D eigenvalue weighted by molar-refractivity contribution is 6.46. The van der Waals surface area contributed by atoms with Gasteiger partial charge in [0.1, 0.15) is 11.6 Å². The maximum atomic E-state index is 13.4. The molecule has 4 rings (SSSR count). The van der Waals surface area contributed by atoms with Crippen LogP contribution in [0.4, 0.5) is 10.1 Å². The van der Waals surface area contributed by atoms with E-state index in [1.165, 1.54) is 17.0 Å². The first-order chi connectivity index (χ1) is 16.8. The molecule has 1 unspecified atom stereocenters. The van der Waals surface area contributed by atoms with Crippen LogP contribution < -0.4 is 4.90 Å². The fourth-order valence-corrected chi connectivity index (χ4v) is 4.61. The number of nitrogens with zero attached hydrogens (tertiary/aromatic N) is 2. The average Bonchev–Trinajstić information content (AvgIpc) is 3.11. The molecule has 0 aliphatic carbocycles. The molecule has 35 heavy (non-hydrogen) atoms. The summed E-state index contributed by atoms with van der Waals surface area (Å²) in [5.41, 5.74) is 2.72. The highest BCUT2D eigenvalue weighted by atomic mass is 35.5. The molecule has 1 aliphatic rings. The Labute approximate surface area is 209 Å². The molecule has 0 aromatic heterocycles. The van der Waals surface area contributed by atoms with Gasteiger partial charge >= 0.3 is 0 Å². The van der Waals surface area contributed by atoms with Gasteiger partial charge in [-0.2, -0.15) is 0 Å². The lowest BCUT2D eigenvalue weighted by Crippen LogP contribution is -2.29. The van der Waals surface area contributed by atoms with Crippen molar-refractivity contribution in [3.05, 3.63) is 106 Å². The SMILES string of the molecule is CCN(CC)c1ccc(C2/C(=C(/O)c3cccc(Cl)c3)C(=O)C(=O)N2Cc2ccc(F)cc2)cc1. The number of rotatable bonds is 7. The van der Waals surface area contributed by atoms with E-state index in [0.29, 0.717) is 21.7 Å². The van der Waals surface area contributed by atoms with E-state index in [1.807, 2.05) is 24.3 Å². The van der Waals surface area contributed by atoms with Crippen molar-refractivity contribution in [2.75, 3.05) is 18.0 Å². The summed E-state index contributed by atoms with van der Waals surface area (Å²) in [6.45, 7) is 5.90. The van der Waals surface area contributed by atoms with Crippen LogP contribution in [-0.4, -0.2) is 34.8 Å². The van der Waals surface area contributed by atoms with Crippen LogP contribution in [0.25, 0.3) is 5.76 Å². The van der Waals surface area contributed by atoms with E-state index in [1.54, 1.807) is 36.4 Å². The van der Waals surface area contributed by atoms with Gasteiger partial charge in [0.25, 0.3) is 11.7 Å². The Hall–Kier alpha value is -3.64. The molecule has 180 valence electrons. The van der Waals surface area contributed by atoms with Gasteiger partial charge in [0.05, 0.1) is 11.6 Å². The van der Waals surface area contributed by atoms with Crippen molar-refractivity contribution in [2.24, 2.45) is 0 Å². The number of carbonyl (C=O) groups excluding carboxylic acids is 2. The molecule has 0 saturated carbocycles. The third-order valence-corrected chi connectivity index (χ3v) is 6.48. The fourth-order valence-electron chi connectivity index (χ4n) is 4.42. The first-order valence-corrected chi connectivity index (χ1v) is 11.9. The standard InChI is InChI=1S/C28H26ClFN2O3/c1-3-31(4-2)23-14-10-19(11-15-23)25-24(26(33)20-6-5-7-21(29)16-20)27(34)28(35)32(25)17-18-8-12-22(30)13-9-18/h5-16,25,33H,3-4,17H2,1-2H3/b26-24-. The smallest absolute Gasteiger partial charge is 0.295 e. The predicted molar refractivity (Wildman–Crippen MR) is 136 cm³/mol. The minimum atomic E-state index is -0.815. The van der Waals surface area contributed by atoms with Gasteiger partial charge < -0.3 is 14.9 Å². The van der Waals surface area contributed by atoms with E-state index in [2.05, 4.69) is 18.7 Å². The van der Waals surface area contributed by atoms with Crippen molar-refractivity contribution >= 4 is 34.7 Å². The zero-order chi connectivity index (χ0) is 25.1. The molecule has 1 heterocycles. The molecule has 1 amide bonds. The highest BCUT2D eigenvalue weighted by Gasteiger charge is 2.46. The Morgan fingerprint density at radius 3 is 2.26 bits per heavy atom. The summed E-state index contributed by atoms with van der Waals surface area (Å²) in [7, 11) is 0. The van der Waals surface area contributed by atoms with Crippen LogP contribution in [0.3, 0.4) is 0 Å². The molecule has 1 saturated heterocycles. The highest BCUT2D eigenvalue weighted by Crippen LogP contribution is 2.41. The minimum Gasteiger partial charge on any atom is -0.507 e. The number of aliphatic hydroxyl groups excluding tert-OH is 1. The van der Waals surface area contributed by atoms with Crippen molar-refractivity contribution in [3.8, 4) is 0 Å². The van der Waals surface area contributed by atoms with Crippen LogP contribution in [0.2, 0.25) is 5.02 Å². The number of likely N-dealkylation sites (tertiary alicyclic amines) is 1. The number of Topliss-reactive ketones (excluding diaryl/α,β-unsaturated/α-hetero) is 1. The number of aliphatic hydroxyl groups is 1. The number of ketones is 1. The summed E-state index contributed by atoms with van der Waals surface area (Å²) in [5, 5.41) is 11.6. The maximum absolute atomic E-state index is 13.4. The largest absolute Gasteiger partial charge is 0.507 e. The number of hydrogen-bond donors (Lipinski definition) is 1. The molecular weight excluding hydrogens is 467 g/mol. The molecule has 1 atom stereocenters. The molecule has 1 aliphatic heterocycles. The van der Waals surface area contributed by atoms with Gasteiger partial charge in [-0.15, -0.1) is 0 Å². The topological polar surface area (TPSA) is 60.9 Å². The zero-order valence-corrected chi connectivity index (χ0v) is 20.3. The van der Waals surface area contributed by atoms with Crippen molar-refractivity contribution in [1.82, 2.24) is 4.90 Å². The maximum Gasteiger partial charge on any atom is 0.295 e. The molecule has 7 heteroatoms. The van der Waals surface area contributed by atoms with Gasteiger partial charge in [0, 0.05) is 35.9 Å². The van der Waals surface area contributed by atoms with Gasteiger partial charge in [-0.25, -0.2) is 4.39 Å². The molecule has 1 fully saturated rings. The van der Waals surface area contributed by atoms with E-state index in [-0.39, 0.29) is 23.7 Å². The molecule has 3 aromatic carbocycles. The van der Waals surface area contributed by atoms with Crippen LogP contribution in [0.5, 0.6) is 0 Å². The van der Waals surface area contributed by atoms with Crippen molar-refractivity contribution in [3.63, 3.8) is 0 Å². The zero-order valence-electron chi connectivity index (χ0n) is 19.5. The summed E-state index contributed by atoms with van der Waals surface area (Å²) in [6.07, 6.45) is 0. The number of benzene rings is 3. The monoisotopic (exact) mass is 492 g/mol. The van der Waals surface area contributed by atoms with E-state index in [4.69, 9.17) is 11.6 Å². The van der Waals surface area contributed by atoms with Gasteiger partial charge in [-0.05, 0) is 61.4 Å². The second-order valence-corrected chi connectivity index (χ2v) is 8.76. The normalized spacial score (nSPS) is 17.1. The van der Waals surface area contributed by atoms with Gasteiger partial charge in [-0.1, -0.05) is 48.0 Å². The molecule has 0 radical (unpaired) electrons. The molecule has 0 bridgehead atoms. The first-order valence-electron chi connectivity index (χ1n) is 11.5. The Bertz CT molecular complexity index is 1270.